The molecule has 0 aliphatic carbocycles. The zero-order valence-electron chi connectivity index (χ0n) is 24.5. The summed E-state index contributed by atoms with van der Waals surface area (Å²) in [6.07, 6.45) is 1.94. The topological polar surface area (TPSA) is 127 Å². The summed E-state index contributed by atoms with van der Waals surface area (Å²) < 4.78 is 17.9. The van der Waals surface area contributed by atoms with E-state index in [-0.39, 0.29) is 31.0 Å². The van der Waals surface area contributed by atoms with Gasteiger partial charge in [-0.1, -0.05) is 85.5 Å². The Kier molecular flexibility index (Phi) is 11.0. The molecule has 3 N–H and O–H groups in total. The fourth-order valence-corrected chi connectivity index (χ4v) is 6.00. The Morgan fingerprint density at radius 3 is 2.49 bits per heavy atom. The van der Waals surface area contributed by atoms with E-state index in [4.69, 9.17) is 14.2 Å². The van der Waals surface area contributed by atoms with Gasteiger partial charge in [-0.05, 0) is 39.9 Å². The third kappa shape index (κ3) is 8.37. The lowest BCUT2D eigenvalue weighted by atomic mass is 9.98. The van der Waals surface area contributed by atoms with Gasteiger partial charge < -0.3 is 29.7 Å². The molecule has 3 atom stereocenters. The molecule has 0 saturated carbocycles. The number of ether oxygens (including phenoxy) is 3. The average Bonchev–Trinajstić information content (AvgIpc) is 3.09. The van der Waals surface area contributed by atoms with Gasteiger partial charge >= 0.3 is 12.1 Å². The van der Waals surface area contributed by atoms with E-state index in [1.165, 1.54) is 17.8 Å². The number of aliphatic hydroxyl groups excluding tert-OH is 1. The van der Waals surface area contributed by atoms with Crippen LogP contribution in [0.3, 0.4) is 0 Å². The average molecular weight is 627 g/mol. The predicted octanol–water partition coefficient (Wildman–Crippen LogP) is 6.69. The second-order valence-corrected chi connectivity index (χ2v) is 11.4. The maximum atomic E-state index is 12.0. The number of nitrogens with one attached hydrogen (secondary N) is 1. The summed E-state index contributed by atoms with van der Waals surface area (Å²) in [5, 5.41) is 22.3. The maximum Gasteiger partial charge on any atom is 0.407 e. The summed E-state index contributed by atoms with van der Waals surface area (Å²) >= 11 is 1.35. The first-order valence-corrected chi connectivity index (χ1v) is 15.4. The fourth-order valence-electron chi connectivity index (χ4n) is 4.99. The van der Waals surface area contributed by atoms with E-state index in [0.717, 1.165) is 33.4 Å². The van der Waals surface area contributed by atoms with Crippen LogP contribution in [-0.2, 0) is 27.4 Å². The number of carboxylic acids is 1. The van der Waals surface area contributed by atoms with Crippen molar-refractivity contribution in [3.05, 3.63) is 132 Å². The fraction of sp³-hybridized carbons (Fsp3) is 0.229. The number of nitrogens with zero attached hydrogens (tertiary/aromatic N) is 1. The van der Waals surface area contributed by atoms with Gasteiger partial charge in [-0.25, -0.2) is 14.6 Å². The molecule has 232 valence electrons. The van der Waals surface area contributed by atoms with Crippen molar-refractivity contribution in [1.29, 1.82) is 0 Å². The first kappa shape index (κ1) is 31.9. The van der Waals surface area contributed by atoms with Crippen molar-refractivity contribution in [2.75, 3.05) is 12.4 Å². The van der Waals surface area contributed by atoms with Gasteiger partial charge in [0, 0.05) is 30.5 Å². The molecule has 3 aromatic carbocycles. The number of alkyl carbamates (subject to hydrolysis) is 1. The summed E-state index contributed by atoms with van der Waals surface area (Å²) in [6, 6.07) is 26.5. The number of aromatic carboxylic acids is 1. The standard InChI is InChI=1S/C35H34N2O7S/c1-2-18-42-35(41)37-20-27-6-3-4-7-29(27)24-13-15-26(16-14-24)34-43-28(22-45-32-30(33(39)40)8-5-17-36-32)19-31(44-34)25-11-9-23(21-38)10-12-25/h2-17,28,31,34,38H,1,18-22H2,(H,37,41)(H,39,40)/t28-,31+,34+/m1/s1. The number of aromatic nitrogens is 1. The summed E-state index contributed by atoms with van der Waals surface area (Å²) in [5.74, 6) is -0.543. The minimum atomic E-state index is -1.02. The van der Waals surface area contributed by atoms with Crippen molar-refractivity contribution in [1.82, 2.24) is 10.3 Å². The molecule has 1 aliphatic rings. The third-order valence-corrected chi connectivity index (χ3v) is 8.43. The minimum Gasteiger partial charge on any atom is -0.478 e. The van der Waals surface area contributed by atoms with Crippen LogP contribution in [0.25, 0.3) is 11.1 Å². The number of aliphatic hydroxyl groups is 1. The number of hydrogen-bond acceptors (Lipinski definition) is 8. The molecule has 45 heavy (non-hydrogen) atoms. The molecule has 1 aromatic heterocycles. The molecule has 0 unspecified atom stereocenters. The number of rotatable bonds is 12. The van der Waals surface area contributed by atoms with Crippen molar-refractivity contribution in [2.45, 2.75) is 43.1 Å². The minimum absolute atomic E-state index is 0.0439. The molecule has 10 heteroatoms. The molecule has 1 amide bonds. The molecule has 4 aromatic rings. The van der Waals surface area contributed by atoms with Crippen molar-refractivity contribution in [2.24, 2.45) is 0 Å². The molecule has 2 heterocycles. The highest BCUT2D eigenvalue weighted by Gasteiger charge is 2.32. The van der Waals surface area contributed by atoms with E-state index in [1.54, 1.807) is 18.3 Å². The Balaban J connectivity index is 1.34. The lowest BCUT2D eigenvalue weighted by Crippen LogP contribution is -2.31. The van der Waals surface area contributed by atoms with Gasteiger partial charge in [0.25, 0.3) is 0 Å². The Morgan fingerprint density at radius 1 is 1.00 bits per heavy atom. The first-order valence-electron chi connectivity index (χ1n) is 14.5. The van der Waals surface area contributed by atoms with E-state index < -0.39 is 18.4 Å². The molecule has 1 fully saturated rings. The molecule has 0 radical (unpaired) electrons. The van der Waals surface area contributed by atoms with E-state index in [1.807, 2.05) is 72.8 Å². The van der Waals surface area contributed by atoms with E-state index in [0.29, 0.717) is 23.7 Å². The zero-order valence-corrected chi connectivity index (χ0v) is 25.3. The zero-order chi connectivity index (χ0) is 31.6. The number of benzene rings is 3. The van der Waals surface area contributed by atoms with Gasteiger partial charge in [-0.2, -0.15) is 0 Å². The smallest absolute Gasteiger partial charge is 0.407 e. The Morgan fingerprint density at radius 2 is 1.76 bits per heavy atom. The second-order valence-electron chi connectivity index (χ2n) is 10.3. The monoisotopic (exact) mass is 626 g/mol. The van der Waals surface area contributed by atoms with Crippen LogP contribution in [0.2, 0.25) is 0 Å². The van der Waals surface area contributed by atoms with Crippen LogP contribution >= 0.6 is 11.8 Å². The lowest BCUT2D eigenvalue weighted by Gasteiger charge is -2.36. The summed E-state index contributed by atoms with van der Waals surface area (Å²) in [5.41, 5.74) is 5.63. The Labute approximate surface area is 265 Å². The number of thioether (sulfide) groups is 1. The van der Waals surface area contributed by atoms with E-state index >= 15 is 0 Å². The van der Waals surface area contributed by atoms with Gasteiger partial charge in [-0.3, -0.25) is 0 Å². The van der Waals surface area contributed by atoms with Crippen molar-refractivity contribution < 1.29 is 34.0 Å². The number of carboxylic acid groups (broad SMARTS) is 1. The van der Waals surface area contributed by atoms with Crippen LogP contribution in [0, 0.1) is 0 Å². The number of carbonyl (C=O) groups is 2. The Bertz CT molecular complexity index is 1610. The van der Waals surface area contributed by atoms with Crippen LogP contribution < -0.4 is 5.32 Å². The third-order valence-electron chi connectivity index (χ3n) is 7.29. The molecule has 0 spiro atoms. The van der Waals surface area contributed by atoms with Crippen molar-refractivity contribution in [3.63, 3.8) is 0 Å². The quantitative estimate of drug-likeness (QED) is 0.116. The van der Waals surface area contributed by atoms with Crippen LogP contribution in [0.1, 0.15) is 51.4 Å². The molecule has 1 saturated heterocycles. The molecular formula is C35H34N2O7S. The van der Waals surface area contributed by atoms with E-state index in [9.17, 15) is 19.8 Å². The molecular weight excluding hydrogens is 592 g/mol. The molecule has 5 rings (SSSR count). The van der Waals surface area contributed by atoms with Crippen molar-refractivity contribution >= 4 is 23.8 Å². The largest absolute Gasteiger partial charge is 0.478 e. The maximum absolute atomic E-state index is 12.0. The SMILES string of the molecule is C=CCOC(=O)NCc1ccccc1-c1ccc([C@H]2O[C@@H](CSc3ncccc3C(=O)O)C[C@@H](c3ccc(CO)cc3)O2)cc1. The van der Waals surface area contributed by atoms with E-state index in [2.05, 4.69) is 16.9 Å². The lowest BCUT2D eigenvalue weighted by molar-refractivity contribution is -0.245. The number of amides is 1. The van der Waals surface area contributed by atoms with Gasteiger partial charge in [-0.15, -0.1) is 11.8 Å². The van der Waals surface area contributed by atoms with Gasteiger partial charge in [0.05, 0.1) is 24.4 Å². The van der Waals surface area contributed by atoms with Crippen LogP contribution in [0.15, 0.2) is 109 Å². The van der Waals surface area contributed by atoms with Gasteiger partial charge in [0.2, 0.25) is 0 Å². The predicted molar refractivity (Wildman–Crippen MR) is 171 cm³/mol. The van der Waals surface area contributed by atoms with Crippen LogP contribution in [-0.4, -0.2) is 45.7 Å². The Hall–Kier alpha value is -4.48. The first-order chi connectivity index (χ1) is 21.9. The molecule has 0 bridgehead atoms. The molecule has 9 nitrogen and oxygen atoms in total. The number of pyridine rings is 1. The normalized spacial score (nSPS) is 17.8. The highest BCUT2D eigenvalue weighted by Crippen LogP contribution is 2.40. The van der Waals surface area contributed by atoms with Gasteiger partial charge in [0.1, 0.15) is 11.6 Å². The second kappa shape index (κ2) is 15.5. The molecule has 1 aliphatic heterocycles. The van der Waals surface area contributed by atoms with Crippen molar-refractivity contribution in [3.8, 4) is 11.1 Å². The highest BCUT2D eigenvalue weighted by molar-refractivity contribution is 7.99. The highest BCUT2D eigenvalue weighted by atomic mass is 32.2. The summed E-state index contributed by atoms with van der Waals surface area (Å²) in [6.45, 7) is 3.95. The number of hydrogen-bond donors (Lipinski definition) is 3. The summed E-state index contributed by atoms with van der Waals surface area (Å²) in [7, 11) is 0. The number of carbonyl (C=O) groups excluding carboxylic acids is 1. The summed E-state index contributed by atoms with van der Waals surface area (Å²) in [4.78, 5) is 27.9. The van der Waals surface area contributed by atoms with Crippen LogP contribution in [0.4, 0.5) is 4.79 Å². The van der Waals surface area contributed by atoms with Gasteiger partial charge in [0.15, 0.2) is 6.29 Å². The van der Waals surface area contributed by atoms with Crippen LogP contribution in [0.5, 0.6) is 0 Å².